The largest absolute Gasteiger partial charge is 0.481 e. The zero-order chi connectivity index (χ0) is 22.5. The van der Waals surface area contributed by atoms with Crippen LogP contribution in [0.2, 0.25) is 0 Å². The lowest BCUT2D eigenvalue weighted by molar-refractivity contribution is 0.118. The summed E-state index contributed by atoms with van der Waals surface area (Å²) in [4.78, 5) is 24.2. The molecule has 2 N–H and O–H groups in total. The third-order valence-corrected chi connectivity index (χ3v) is 5.92. The van der Waals surface area contributed by atoms with E-state index in [1.807, 2.05) is 36.4 Å². The molecule has 1 saturated heterocycles. The molecule has 3 aromatic rings. The summed E-state index contributed by atoms with van der Waals surface area (Å²) in [5, 5.41) is 20.6. The molecule has 8 heteroatoms. The number of β-amino-alcohol motifs (C(OH)–C–C–N with tert-alkyl or cyclic N) is 1. The van der Waals surface area contributed by atoms with Crippen molar-refractivity contribution in [1.29, 1.82) is 0 Å². The fraction of sp³-hybridized carbons (Fsp3) is 0.375. The van der Waals surface area contributed by atoms with Gasteiger partial charge in [0.2, 0.25) is 5.88 Å². The maximum Gasteiger partial charge on any atom is 0.407 e. The number of fused-ring (bicyclic) bond motifs is 1. The summed E-state index contributed by atoms with van der Waals surface area (Å²) < 4.78 is 5.22. The number of aliphatic hydroxyl groups excluding tert-OH is 1. The quantitative estimate of drug-likeness (QED) is 0.560. The molecule has 1 fully saturated rings. The summed E-state index contributed by atoms with van der Waals surface area (Å²) >= 11 is 0. The Balaban J connectivity index is 1.38. The number of carboxylic acid groups (broad SMARTS) is 1. The normalized spacial score (nSPS) is 17.4. The molecular weight excluding hydrogens is 408 g/mol. The minimum absolute atomic E-state index is 0.231. The Hall–Kier alpha value is -3.23. The number of nitrogens with zero attached hydrogens (tertiary/aromatic N) is 4. The van der Waals surface area contributed by atoms with E-state index >= 15 is 0 Å². The van der Waals surface area contributed by atoms with E-state index in [1.165, 1.54) is 4.90 Å². The van der Waals surface area contributed by atoms with Gasteiger partial charge < -0.3 is 24.7 Å². The van der Waals surface area contributed by atoms with Crippen molar-refractivity contribution in [2.45, 2.75) is 19.1 Å². The van der Waals surface area contributed by atoms with Gasteiger partial charge in [-0.15, -0.1) is 0 Å². The minimum atomic E-state index is -0.907. The molecule has 4 rings (SSSR count). The Kier molecular flexibility index (Phi) is 6.82. The summed E-state index contributed by atoms with van der Waals surface area (Å²) in [6.45, 7) is 2.88. The van der Waals surface area contributed by atoms with E-state index in [0.29, 0.717) is 42.1 Å². The molecule has 2 atom stereocenters. The number of aromatic nitrogens is 2. The number of likely N-dealkylation sites (tertiary alicyclic amines) is 1. The second-order valence-corrected chi connectivity index (χ2v) is 8.20. The highest BCUT2D eigenvalue weighted by Gasteiger charge is 2.28. The molecule has 8 nitrogen and oxygen atoms in total. The zero-order valence-electron chi connectivity index (χ0n) is 18.1. The van der Waals surface area contributed by atoms with Crippen LogP contribution in [0.5, 0.6) is 5.88 Å². The lowest BCUT2D eigenvalue weighted by Gasteiger charge is -2.24. The summed E-state index contributed by atoms with van der Waals surface area (Å²) in [5.74, 6) is 0.710. The first-order valence-electron chi connectivity index (χ1n) is 10.8. The molecule has 0 unspecified atom stereocenters. The molecule has 0 radical (unpaired) electrons. The van der Waals surface area contributed by atoms with Gasteiger partial charge in [0.05, 0.1) is 24.2 Å². The Morgan fingerprint density at radius 1 is 1.25 bits per heavy atom. The Bertz CT molecular complexity index is 1060. The van der Waals surface area contributed by atoms with Crippen molar-refractivity contribution in [2.24, 2.45) is 5.92 Å². The highest BCUT2D eigenvalue weighted by molar-refractivity contribution is 5.78. The molecule has 1 aliphatic heterocycles. The molecule has 0 bridgehead atoms. The number of hydrogen-bond donors (Lipinski definition) is 2. The molecule has 1 amide bonds. The van der Waals surface area contributed by atoms with Crippen LogP contribution in [0.15, 0.2) is 54.7 Å². The van der Waals surface area contributed by atoms with Crippen molar-refractivity contribution in [2.75, 3.05) is 33.3 Å². The van der Waals surface area contributed by atoms with E-state index < -0.39 is 12.2 Å². The van der Waals surface area contributed by atoms with Gasteiger partial charge in [-0.05, 0) is 36.6 Å². The van der Waals surface area contributed by atoms with Gasteiger partial charge in [-0.2, -0.15) is 0 Å². The fourth-order valence-corrected chi connectivity index (χ4v) is 4.31. The molecular formula is C24H28N4O4. The number of amides is 1. The molecule has 0 saturated carbocycles. The van der Waals surface area contributed by atoms with E-state index in [2.05, 4.69) is 14.9 Å². The number of carbonyl (C=O) groups is 1. The number of rotatable bonds is 8. The summed E-state index contributed by atoms with van der Waals surface area (Å²) in [6.07, 6.45) is 0.944. The lowest BCUT2D eigenvalue weighted by Crippen LogP contribution is -2.35. The molecule has 2 aromatic heterocycles. The summed E-state index contributed by atoms with van der Waals surface area (Å²) in [7, 11) is 1.56. The van der Waals surface area contributed by atoms with Gasteiger partial charge in [-0.1, -0.05) is 30.3 Å². The molecule has 3 heterocycles. The van der Waals surface area contributed by atoms with Gasteiger partial charge in [-0.25, -0.2) is 9.78 Å². The standard InChI is InChI=1S/C24H28N4O4/c1-32-22-8-7-20-23(26-22)19(9-11-25-20)21(29)16-27-12-10-18(13-27)15-28(24(30)31)14-17-5-3-2-4-6-17/h2-9,11,18,21,29H,10,12-16H2,1H3,(H,30,31)/t18-,21-/m0/s1. The average molecular weight is 437 g/mol. The van der Waals surface area contributed by atoms with Crippen LogP contribution in [0.25, 0.3) is 11.0 Å². The lowest BCUT2D eigenvalue weighted by atomic mass is 10.1. The number of benzene rings is 1. The van der Waals surface area contributed by atoms with Crippen molar-refractivity contribution in [3.63, 3.8) is 0 Å². The minimum Gasteiger partial charge on any atom is -0.481 e. The van der Waals surface area contributed by atoms with Crippen molar-refractivity contribution < 1.29 is 19.7 Å². The van der Waals surface area contributed by atoms with Crippen molar-refractivity contribution >= 4 is 17.1 Å². The van der Waals surface area contributed by atoms with Crippen LogP contribution in [0, 0.1) is 5.92 Å². The Morgan fingerprint density at radius 3 is 2.81 bits per heavy atom. The highest BCUT2D eigenvalue weighted by Crippen LogP contribution is 2.26. The molecule has 168 valence electrons. The highest BCUT2D eigenvalue weighted by atomic mass is 16.5. The fourth-order valence-electron chi connectivity index (χ4n) is 4.31. The third-order valence-electron chi connectivity index (χ3n) is 5.92. The van der Waals surface area contributed by atoms with Gasteiger partial charge in [0.15, 0.2) is 0 Å². The van der Waals surface area contributed by atoms with Crippen LogP contribution < -0.4 is 4.74 Å². The van der Waals surface area contributed by atoms with Crippen LogP contribution in [-0.4, -0.2) is 69.4 Å². The monoisotopic (exact) mass is 436 g/mol. The number of pyridine rings is 2. The van der Waals surface area contributed by atoms with E-state index in [4.69, 9.17) is 4.74 Å². The SMILES string of the molecule is COc1ccc2nccc([C@@H](O)CN3CC[C@H](CN(Cc4ccccc4)C(=O)O)C3)c2n1. The first-order valence-corrected chi connectivity index (χ1v) is 10.8. The zero-order valence-corrected chi connectivity index (χ0v) is 18.1. The maximum atomic E-state index is 11.8. The van der Waals surface area contributed by atoms with Crippen LogP contribution in [-0.2, 0) is 6.54 Å². The maximum absolute atomic E-state index is 11.8. The van der Waals surface area contributed by atoms with Gasteiger partial charge >= 0.3 is 6.09 Å². The van der Waals surface area contributed by atoms with E-state index in [9.17, 15) is 15.0 Å². The van der Waals surface area contributed by atoms with E-state index in [1.54, 1.807) is 25.4 Å². The Morgan fingerprint density at radius 2 is 2.06 bits per heavy atom. The van der Waals surface area contributed by atoms with Crippen LogP contribution in [0.3, 0.4) is 0 Å². The van der Waals surface area contributed by atoms with Crippen LogP contribution in [0.4, 0.5) is 4.79 Å². The van der Waals surface area contributed by atoms with Gasteiger partial charge in [0, 0.05) is 44.0 Å². The van der Waals surface area contributed by atoms with E-state index in [0.717, 1.165) is 25.1 Å². The van der Waals surface area contributed by atoms with Crippen LogP contribution >= 0.6 is 0 Å². The second-order valence-electron chi connectivity index (χ2n) is 8.20. The molecule has 32 heavy (non-hydrogen) atoms. The van der Waals surface area contributed by atoms with Crippen molar-refractivity contribution in [3.05, 3.63) is 65.9 Å². The van der Waals surface area contributed by atoms with Crippen LogP contribution in [0.1, 0.15) is 23.7 Å². The van der Waals surface area contributed by atoms with Gasteiger partial charge in [-0.3, -0.25) is 4.98 Å². The predicted molar refractivity (Wildman–Crippen MR) is 120 cm³/mol. The summed E-state index contributed by atoms with van der Waals surface area (Å²) in [6, 6.07) is 15.0. The first-order chi connectivity index (χ1) is 15.5. The Labute approximate surface area is 187 Å². The first kappa shape index (κ1) is 22.0. The number of hydrogen-bond acceptors (Lipinski definition) is 6. The number of aliphatic hydroxyl groups is 1. The van der Waals surface area contributed by atoms with Gasteiger partial charge in [0.25, 0.3) is 0 Å². The summed E-state index contributed by atoms with van der Waals surface area (Å²) in [5.41, 5.74) is 3.04. The van der Waals surface area contributed by atoms with Crippen molar-refractivity contribution in [3.8, 4) is 5.88 Å². The molecule has 1 aliphatic rings. The molecule has 1 aromatic carbocycles. The van der Waals surface area contributed by atoms with Crippen molar-refractivity contribution in [1.82, 2.24) is 19.8 Å². The van der Waals surface area contributed by atoms with E-state index in [-0.39, 0.29) is 5.92 Å². The predicted octanol–water partition coefficient (Wildman–Crippen LogP) is 3.17. The average Bonchev–Trinajstić information content (AvgIpc) is 3.25. The molecule has 0 spiro atoms. The smallest absolute Gasteiger partial charge is 0.407 e. The number of methoxy groups -OCH3 is 1. The second kappa shape index (κ2) is 9.93. The molecule has 0 aliphatic carbocycles. The third kappa shape index (κ3) is 5.15. The number of ether oxygens (including phenoxy) is 1. The topological polar surface area (TPSA) is 99.0 Å². The van der Waals surface area contributed by atoms with Gasteiger partial charge in [0.1, 0.15) is 0 Å².